The summed E-state index contributed by atoms with van der Waals surface area (Å²) in [7, 11) is -1.94. The summed E-state index contributed by atoms with van der Waals surface area (Å²) in [5.74, 6) is -0.303. The second kappa shape index (κ2) is 12.1. The summed E-state index contributed by atoms with van der Waals surface area (Å²) in [6.45, 7) is 13.2. The summed E-state index contributed by atoms with van der Waals surface area (Å²) in [5.41, 5.74) is 5.56. The number of nitrogens with two attached hydrogens (primary N) is 1. The van der Waals surface area contributed by atoms with Crippen molar-refractivity contribution in [2.24, 2.45) is 5.73 Å². The molecule has 143 valence electrons. The van der Waals surface area contributed by atoms with Crippen LogP contribution in [0.25, 0.3) is 0 Å². The second-order valence-corrected chi connectivity index (χ2v) is 13.3. The van der Waals surface area contributed by atoms with Crippen molar-refractivity contribution in [3.8, 4) is 0 Å². The van der Waals surface area contributed by atoms with Crippen molar-refractivity contribution in [2.75, 3.05) is 0 Å². The van der Waals surface area contributed by atoms with Crippen LogP contribution in [0.4, 0.5) is 0 Å². The van der Waals surface area contributed by atoms with Gasteiger partial charge in [0.05, 0.1) is 0 Å². The van der Waals surface area contributed by atoms with E-state index in [0.717, 1.165) is 19.3 Å². The molecule has 0 spiro atoms. The van der Waals surface area contributed by atoms with E-state index in [1.165, 1.54) is 44.9 Å². The van der Waals surface area contributed by atoms with Gasteiger partial charge in [-0.2, -0.15) is 0 Å². The summed E-state index contributed by atoms with van der Waals surface area (Å²) in [4.78, 5) is 11.7. The molecule has 1 atom stereocenters. The normalized spacial score (nSPS) is 13.9. The number of amides is 1. The van der Waals surface area contributed by atoms with E-state index in [1.54, 1.807) is 0 Å². The molecule has 0 saturated heterocycles. The Morgan fingerprint density at radius 2 is 1.58 bits per heavy atom. The first-order valence-corrected chi connectivity index (χ1v) is 12.8. The summed E-state index contributed by atoms with van der Waals surface area (Å²) in [6.07, 6.45) is 13.9. The lowest BCUT2D eigenvalue weighted by Gasteiger charge is -2.38. The predicted molar refractivity (Wildman–Crippen MR) is 107 cm³/mol. The minimum absolute atomic E-state index is 0.105. The molecule has 0 aliphatic carbocycles. The lowest BCUT2D eigenvalue weighted by molar-refractivity contribution is -0.125. The van der Waals surface area contributed by atoms with Gasteiger partial charge < -0.3 is 10.2 Å². The standard InChI is InChI=1S/C20H42NO2Si/c1-7-8-9-10-11-12-13-14-15-16-17-18(19(21)22)23-24(5,6)20(2,3)4/h12,18H,7-11,13-17H2,1-6H3,(H2,21,22). The van der Waals surface area contributed by atoms with Gasteiger partial charge in [-0.05, 0) is 31.0 Å². The number of carbonyl (C=O) groups is 1. The molecule has 24 heavy (non-hydrogen) atoms. The fourth-order valence-corrected chi connectivity index (χ4v) is 3.75. The molecule has 0 fully saturated rings. The van der Waals surface area contributed by atoms with Gasteiger partial charge in [-0.15, -0.1) is 0 Å². The minimum Gasteiger partial charge on any atom is -0.405 e. The first-order valence-electron chi connectivity index (χ1n) is 9.90. The van der Waals surface area contributed by atoms with Gasteiger partial charge in [-0.1, -0.05) is 85.5 Å². The van der Waals surface area contributed by atoms with Crippen molar-refractivity contribution >= 4 is 14.2 Å². The number of unbranched alkanes of at least 4 members (excludes halogenated alkanes) is 9. The third-order valence-electron chi connectivity index (χ3n) is 5.20. The number of hydrogen-bond donors (Lipinski definition) is 1. The molecule has 0 heterocycles. The van der Waals surface area contributed by atoms with Crippen molar-refractivity contribution in [1.29, 1.82) is 0 Å². The van der Waals surface area contributed by atoms with Gasteiger partial charge >= 0.3 is 0 Å². The van der Waals surface area contributed by atoms with Crippen molar-refractivity contribution in [3.05, 3.63) is 6.42 Å². The molecule has 4 heteroatoms. The van der Waals surface area contributed by atoms with Crippen LogP contribution in [-0.4, -0.2) is 20.3 Å². The molecular weight excluding hydrogens is 314 g/mol. The molecule has 1 amide bonds. The van der Waals surface area contributed by atoms with Crippen LogP contribution in [0.2, 0.25) is 18.1 Å². The molecule has 0 aliphatic heterocycles. The molecule has 1 unspecified atom stereocenters. The predicted octanol–water partition coefficient (Wildman–Crippen LogP) is 5.99. The molecule has 1 radical (unpaired) electrons. The smallest absolute Gasteiger partial charge is 0.245 e. The first-order chi connectivity index (χ1) is 11.1. The van der Waals surface area contributed by atoms with E-state index in [9.17, 15) is 4.79 Å². The number of primary amides is 1. The Balaban J connectivity index is 3.90. The third kappa shape index (κ3) is 10.5. The van der Waals surface area contributed by atoms with E-state index < -0.39 is 14.4 Å². The fraction of sp³-hybridized carbons (Fsp3) is 0.900. The highest BCUT2D eigenvalue weighted by Gasteiger charge is 2.40. The van der Waals surface area contributed by atoms with Crippen LogP contribution in [-0.2, 0) is 9.22 Å². The van der Waals surface area contributed by atoms with E-state index >= 15 is 0 Å². The fourth-order valence-electron chi connectivity index (χ4n) is 2.45. The number of hydrogen-bond acceptors (Lipinski definition) is 2. The number of carbonyl (C=O) groups excluding carboxylic acids is 1. The van der Waals surface area contributed by atoms with Gasteiger partial charge in [0, 0.05) is 0 Å². The minimum atomic E-state index is -1.94. The zero-order chi connectivity index (χ0) is 18.6. The first kappa shape index (κ1) is 23.6. The molecule has 0 saturated carbocycles. The van der Waals surface area contributed by atoms with Crippen LogP contribution in [0.5, 0.6) is 0 Å². The molecule has 0 aliphatic rings. The molecule has 2 N–H and O–H groups in total. The zero-order valence-electron chi connectivity index (χ0n) is 17.1. The van der Waals surface area contributed by atoms with Gasteiger partial charge in [0.25, 0.3) is 0 Å². The van der Waals surface area contributed by atoms with E-state index in [4.69, 9.17) is 10.2 Å². The van der Waals surface area contributed by atoms with Gasteiger partial charge in [0.1, 0.15) is 6.10 Å². The third-order valence-corrected chi connectivity index (χ3v) is 9.68. The Bertz CT molecular complexity index is 337. The van der Waals surface area contributed by atoms with E-state index in [-0.39, 0.29) is 10.9 Å². The van der Waals surface area contributed by atoms with Crippen molar-refractivity contribution in [2.45, 2.75) is 116 Å². The highest BCUT2D eigenvalue weighted by Crippen LogP contribution is 2.37. The van der Waals surface area contributed by atoms with Gasteiger partial charge in [0.2, 0.25) is 5.91 Å². The molecule has 0 bridgehead atoms. The molecule has 0 aromatic rings. The van der Waals surface area contributed by atoms with Crippen LogP contribution in [0.1, 0.15) is 91.9 Å². The molecule has 0 rings (SSSR count). The average Bonchev–Trinajstić information content (AvgIpc) is 2.46. The molecule has 3 nitrogen and oxygen atoms in total. The maximum Gasteiger partial charge on any atom is 0.245 e. The van der Waals surface area contributed by atoms with E-state index in [1.807, 2.05) is 0 Å². The van der Waals surface area contributed by atoms with E-state index in [2.05, 4.69) is 47.2 Å². The highest BCUT2D eigenvalue weighted by molar-refractivity contribution is 6.74. The van der Waals surface area contributed by atoms with Gasteiger partial charge in [0.15, 0.2) is 8.32 Å². The zero-order valence-corrected chi connectivity index (χ0v) is 18.1. The maximum atomic E-state index is 11.7. The maximum absolute atomic E-state index is 11.7. The van der Waals surface area contributed by atoms with E-state index in [0.29, 0.717) is 0 Å². The highest BCUT2D eigenvalue weighted by atomic mass is 28.4. The quantitative estimate of drug-likeness (QED) is 0.307. The largest absolute Gasteiger partial charge is 0.405 e. The van der Waals surface area contributed by atoms with Gasteiger partial charge in [-0.3, -0.25) is 4.79 Å². The van der Waals surface area contributed by atoms with Crippen LogP contribution in [0, 0.1) is 6.42 Å². The van der Waals surface area contributed by atoms with Crippen LogP contribution >= 0.6 is 0 Å². The van der Waals surface area contributed by atoms with Crippen LogP contribution in [0.3, 0.4) is 0 Å². The van der Waals surface area contributed by atoms with Crippen molar-refractivity contribution in [1.82, 2.24) is 0 Å². The summed E-state index contributed by atoms with van der Waals surface area (Å²) >= 11 is 0. The second-order valence-electron chi connectivity index (χ2n) is 8.55. The lowest BCUT2D eigenvalue weighted by Crippen LogP contribution is -2.47. The van der Waals surface area contributed by atoms with Crippen molar-refractivity contribution < 1.29 is 9.22 Å². The Morgan fingerprint density at radius 1 is 1.04 bits per heavy atom. The Kier molecular flexibility index (Phi) is 11.9. The average molecular weight is 357 g/mol. The molecule has 0 aromatic heterocycles. The summed E-state index contributed by atoms with van der Waals surface area (Å²) in [6, 6.07) is 0. The number of rotatable bonds is 14. The Labute approximate surface area is 152 Å². The van der Waals surface area contributed by atoms with Crippen molar-refractivity contribution in [3.63, 3.8) is 0 Å². The Morgan fingerprint density at radius 3 is 2.04 bits per heavy atom. The summed E-state index contributed by atoms with van der Waals surface area (Å²) < 4.78 is 6.20. The SMILES string of the molecule is CCCCCC[CH]CCCCCC(O[Si](C)(C)C(C)(C)C)C(N)=O. The molecule has 0 aromatic carbocycles. The monoisotopic (exact) mass is 356 g/mol. The lowest BCUT2D eigenvalue weighted by atomic mass is 10.0. The summed E-state index contributed by atoms with van der Waals surface area (Å²) in [5, 5.41) is 0.105. The van der Waals surface area contributed by atoms with Crippen LogP contribution in [0.15, 0.2) is 0 Å². The topological polar surface area (TPSA) is 52.3 Å². The van der Waals surface area contributed by atoms with Crippen LogP contribution < -0.4 is 5.73 Å². The van der Waals surface area contributed by atoms with Gasteiger partial charge in [-0.25, -0.2) is 0 Å². The Hall–Kier alpha value is -0.353. The molecular formula is C20H42NO2Si.